The van der Waals surface area contributed by atoms with Crippen LogP contribution in [0.15, 0.2) is 48.7 Å². The summed E-state index contributed by atoms with van der Waals surface area (Å²) in [7, 11) is 0. The summed E-state index contributed by atoms with van der Waals surface area (Å²) in [5.74, 6) is -0.113. The molecule has 2 rings (SSSR count). The van der Waals surface area contributed by atoms with E-state index in [1.807, 2.05) is 25.1 Å². The van der Waals surface area contributed by atoms with Crippen LogP contribution in [0.4, 0.5) is 10.5 Å². The van der Waals surface area contributed by atoms with Gasteiger partial charge in [-0.2, -0.15) is 0 Å². The minimum Gasteiger partial charge on any atom is -0.352 e. The molecule has 1 heterocycles. The second-order valence-electron chi connectivity index (χ2n) is 4.96. The summed E-state index contributed by atoms with van der Waals surface area (Å²) in [4.78, 5) is 27.7. The van der Waals surface area contributed by atoms with E-state index in [9.17, 15) is 9.59 Å². The smallest absolute Gasteiger partial charge is 0.319 e. The Morgan fingerprint density at radius 1 is 1.04 bits per heavy atom. The maximum atomic E-state index is 11.8. The zero-order chi connectivity index (χ0) is 16.5. The third-order valence-corrected chi connectivity index (χ3v) is 3.10. The molecule has 0 aliphatic rings. The first-order valence-electron chi connectivity index (χ1n) is 7.52. The maximum absolute atomic E-state index is 11.8. The number of rotatable bonds is 6. The van der Waals surface area contributed by atoms with Gasteiger partial charge in [-0.15, -0.1) is 0 Å². The summed E-state index contributed by atoms with van der Waals surface area (Å²) in [5, 5.41) is 8.23. The van der Waals surface area contributed by atoms with Gasteiger partial charge in [-0.3, -0.25) is 9.78 Å². The first-order chi connectivity index (χ1) is 11.2. The lowest BCUT2D eigenvalue weighted by Crippen LogP contribution is -2.28. The molecule has 3 N–H and O–H groups in total. The quantitative estimate of drug-likeness (QED) is 0.766. The van der Waals surface area contributed by atoms with E-state index in [4.69, 9.17) is 0 Å². The molecule has 120 valence electrons. The molecule has 0 saturated heterocycles. The van der Waals surface area contributed by atoms with Gasteiger partial charge in [0.1, 0.15) is 0 Å². The number of carbonyl (C=O) groups is 2. The number of anilines is 1. The average Bonchev–Trinajstić information content (AvgIpc) is 2.59. The predicted octanol–water partition coefficient (Wildman–Crippen LogP) is 2.54. The van der Waals surface area contributed by atoms with Crippen molar-refractivity contribution in [2.75, 3.05) is 11.9 Å². The lowest BCUT2D eigenvalue weighted by molar-refractivity contribution is 0.0953. The number of nitrogens with zero attached hydrogens (tertiary/aromatic N) is 1. The number of carbonyl (C=O) groups excluding carboxylic acids is 2. The molecule has 1 aromatic carbocycles. The van der Waals surface area contributed by atoms with Gasteiger partial charge in [-0.05, 0) is 42.8 Å². The van der Waals surface area contributed by atoms with E-state index in [1.54, 1.807) is 30.5 Å². The number of nitrogens with one attached hydrogen (secondary N) is 3. The van der Waals surface area contributed by atoms with E-state index in [2.05, 4.69) is 20.9 Å². The largest absolute Gasteiger partial charge is 0.352 e. The van der Waals surface area contributed by atoms with Crippen molar-refractivity contribution in [1.29, 1.82) is 0 Å². The Kier molecular flexibility index (Phi) is 6.11. The average molecular weight is 312 g/mol. The Balaban J connectivity index is 1.83. The summed E-state index contributed by atoms with van der Waals surface area (Å²) in [6, 6.07) is 12.0. The standard InChI is InChI=1S/C17H20N4O2/c1-2-10-19-16(22)13-6-8-14(9-7-13)21-17(23)20-12-15-5-3-4-11-18-15/h3-9,11H,2,10,12H2,1H3,(H,19,22)(H2,20,21,23). The van der Waals surface area contributed by atoms with Crippen LogP contribution >= 0.6 is 0 Å². The molecular weight excluding hydrogens is 292 g/mol. The zero-order valence-electron chi connectivity index (χ0n) is 13.0. The maximum Gasteiger partial charge on any atom is 0.319 e. The summed E-state index contributed by atoms with van der Waals surface area (Å²) in [6.45, 7) is 3.00. The topological polar surface area (TPSA) is 83.1 Å². The van der Waals surface area contributed by atoms with Gasteiger partial charge in [0.15, 0.2) is 0 Å². The molecule has 0 spiro atoms. The third kappa shape index (κ3) is 5.43. The Bertz CT molecular complexity index is 641. The van der Waals surface area contributed by atoms with Gasteiger partial charge in [0, 0.05) is 24.0 Å². The highest BCUT2D eigenvalue weighted by Crippen LogP contribution is 2.09. The molecule has 0 bridgehead atoms. The Morgan fingerprint density at radius 3 is 2.48 bits per heavy atom. The van der Waals surface area contributed by atoms with Crippen LogP contribution in [-0.4, -0.2) is 23.5 Å². The van der Waals surface area contributed by atoms with Gasteiger partial charge >= 0.3 is 6.03 Å². The van der Waals surface area contributed by atoms with Gasteiger partial charge < -0.3 is 16.0 Å². The molecule has 0 unspecified atom stereocenters. The van der Waals surface area contributed by atoms with Crippen LogP contribution in [0, 0.1) is 0 Å². The number of hydrogen-bond donors (Lipinski definition) is 3. The minimum atomic E-state index is -0.321. The lowest BCUT2D eigenvalue weighted by atomic mass is 10.2. The Labute approximate surface area is 135 Å². The highest BCUT2D eigenvalue weighted by molar-refractivity contribution is 5.95. The van der Waals surface area contributed by atoms with E-state index in [0.29, 0.717) is 24.3 Å². The zero-order valence-corrected chi connectivity index (χ0v) is 13.0. The van der Waals surface area contributed by atoms with Crippen molar-refractivity contribution in [3.63, 3.8) is 0 Å². The monoisotopic (exact) mass is 312 g/mol. The molecule has 0 saturated carbocycles. The molecule has 1 aromatic heterocycles. The van der Waals surface area contributed by atoms with Gasteiger partial charge in [0.2, 0.25) is 0 Å². The fourth-order valence-corrected chi connectivity index (χ4v) is 1.89. The molecular formula is C17H20N4O2. The second-order valence-corrected chi connectivity index (χ2v) is 4.96. The van der Waals surface area contributed by atoms with E-state index in [-0.39, 0.29) is 11.9 Å². The summed E-state index contributed by atoms with van der Waals surface area (Å²) < 4.78 is 0. The van der Waals surface area contributed by atoms with Crippen molar-refractivity contribution in [2.24, 2.45) is 0 Å². The lowest BCUT2D eigenvalue weighted by Gasteiger charge is -2.08. The van der Waals surface area contributed by atoms with Crippen LogP contribution in [0.1, 0.15) is 29.4 Å². The summed E-state index contributed by atoms with van der Waals surface area (Å²) in [5.41, 5.74) is 1.97. The van der Waals surface area contributed by atoms with Crippen LogP contribution in [0.25, 0.3) is 0 Å². The van der Waals surface area contributed by atoms with Crippen LogP contribution < -0.4 is 16.0 Å². The molecule has 3 amide bonds. The number of pyridine rings is 1. The SMILES string of the molecule is CCCNC(=O)c1ccc(NC(=O)NCc2ccccn2)cc1. The van der Waals surface area contributed by atoms with Crippen LogP contribution in [-0.2, 0) is 6.54 Å². The van der Waals surface area contributed by atoms with Crippen LogP contribution in [0.3, 0.4) is 0 Å². The normalized spacial score (nSPS) is 9.96. The molecule has 0 radical (unpaired) electrons. The number of aromatic nitrogens is 1. The highest BCUT2D eigenvalue weighted by Gasteiger charge is 2.06. The van der Waals surface area contributed by atoms with E-state index in [1.165, 1.54) is 0 Å². The van der Waals surface area contributed by atoms with Crippen molar-refractivity contribution in [2.45, 2.75) is 19.9 Å². The number of amides is 3. The van der Waals surface area contributed by atoms with Crippen molar-refractivity contribution in [3.05, 3.63) is 59.9 Å². The summed E-state index contributed by atoms with van der Waals surface area (Å²) in [6.07, 6.45) is 2.57. The van der Waals surface area contributed by atoms with E-state index in [0.717, 1.165) is 12.1 Å². The fraction of sp³-hybridized carbons (Fsp3) is 0.235. The molecule has 0 aliphatic carbocycles. The van der Waals surface area contributed by atoms with Gasteiger partial charge in [0.25, 0.3) is 5.91 Å². The first-order valence-corrected chi connectivity index (χ1v) is 7.52. The molecule has 0 fully saturated rings. The molecule has 2 aromatic rings. The molecule has 6 heteroatoms. The predicted molar refractivity (Wildman–Crippen MR) is 89.2 cm³/mol. The van der Waals surface area contributed by atoms with Crippen molar-refractivity contribution >= 4 is 17.6 Å². The third-order valence-electron chi connectivity index (χ3n) is 3.10. The molecule has 23 heavy (non-hydrogen) atoms. The minimum absolute atomic E-state index is 0.113. The number of urea groups is 1. The van der Waals surface area contributed by atoms with Crippen LogP contribution in [0.5, 0.6) is 0 Å². The van der Waals surface area contributed by atoms with Gasteiger partial charge in [-0.25, -0.2) is 4.79 Å². The Hall–Kier alpha value is -2.89. The molecule has 0 aliphatic heterocycles. The fourth-order valence-electron chi connectivity index (χ4n) is 1.89. The van der Waals surface area contributed by atoms with E-state index < -0.39 is 0 Å². The van der Waals surface area contributed by atoms with Crippen molar-refractivity contribution < 1.29 is 9.59 Å². The first kappa shape index (κ1) is 16.5. The van der Waals surface area contributed by atoms with E-state index >= 15 is 0 Å². The Morgan fingerprint density at radius 2 is 1.83 bits per heavy atom. The van der Waals surface area contributed by atoms with Crippen LogP contribution in [0.2, 0.25) is 0 Å². The van der Waals surface area contributed by atoms with Gasteiger partial charge in [-0.1, -0.05) is 13.0 Å². The van der Waals surface area contributed by atoms with Gasteiger partial charge in [0.05, 0.1) is 12.2 Å². The number of benzene rings is 1. The number of hydrogen-bond acceptors (Lipinski definition) is 3. The molecule has 0 atom stereocenters. The summed E-state index contributed by atoms with van der Waals surface area (Å²) >= 11 is 0. The molecule has 6 nitrogen and oxygen atoms in total. The van der Waals surface area contributed by atoms with Crippen molar-refractivity contribution in [3.8, 4) is 0 Å². The highest BCUT2D eigenvalue weighted by atomic mass is 16.2. The second kappa shape index (κ2) is 8.53. The van der Waals surface area contributed by atoms with Crippen molar-refractivity contribution in [1.82, 2.24) is 15.6 Å².